The minimum Gasteiger partial charge on any atom is -0.383 e. The van der Waals surface area contributed by atoms with Crippen LogP contribution in [-0.4, -0.2) is 41.6 Å². The topological polar surface area (TPSA) is 52.0 Å². The number of hydrogen-bond donors (Lipinski definition) is 1. The molecule has 102 valence electrons. The molecule has 1 aliphatic carbocycles. The number of methoxy groups -OCH3 is 1. The average Bonchev–Trinajstić information content (AvgIpc) is 2.78. The van der Waals surface area contributed by atoms with Gasteiger partial charge in [0.15, 0.2) is 0 Å². The van der Waals surface area contributed by atoms with Crippen molar-refractivity contribution in [2.24, 2.45) is 5.41 Å². The second-order valence-electron chi connectivity index (χ2n) is 5.19. The summed E-state index contributed by atoms with van der Waals surface area (Å²) in [6.07, 6.45) is 6.64. The smallest absolute Gasteiger partial charge is 0.138 e. The molecule has 18 heavy (non-hydrogen) atoms. The predicted molar refractivity (Wildman–Crippen MR) is 70.4 cm³/mol. The van der Waals surface area contributed by atoms with Gasteiger partial charge in [0, 0.05) is 33.2 Å². The molecular formula is C13H24N4O. The van der Waals surface area contributed by atoms with Gasteiger partial charge in [-0.25, -0.2) is 4.98 Å². The fourth-order valence-corrected chi connectivity index (χ4v) is 2.65. The van der Waals surface area contributed by atoms with E-state index in [0.717, 1.165) is 38.5 Å². The van der Waals surface area contributed by atoms with Gasteiger partial charge in [-0.15, -0.1) is 0 Å². The molecule has 0 bridgehead atoms. The highest BCUT2D eigenvalue weighted by atomic mass is 16.5. The number of aromatic nitrogens is 3. The van der Waals surface area contributed by atoms with Crippen LogP contribution in [-0.2, 0) is 17.7 Å². The Morgan fingerprint density at radius 3 is 2.94 bits per heavy atom. The van der Waals surface area contributed by atoms with Crippen LogP contribution in [0, 0.1) is 5.41 Å². The molecular weight excluding hydrogens is 228 g/mol. The van der Waals surface area contributed by atoms with Gasteiger partial charge in [-0.3, -0.25) is 4.68 Å². The summed E-state index contributed by atoms with van der Waals surface area (Å²) < 4.78 is 7.07. The Labute approximate surface area is 109 Å². The second-order valence-corrected chi connectivity index (χ2v) is 5.19. The molecule has 5 heteroatoms. The van der Waals surface area contributed by atoms with E-state index in [2.05, 4.69) is 22.3 Å². The highest BCUT2D eigenvalue weighted by Gasteiger charge is 2.37. The number of rotatable bonds is 8. The lowest BCUT2D eigenvalue weighted by molar-refractivity contribution is 0.118. The Morgan fingerprint density at radius 2 is 2.33 bits per heavy atom. The molecule has 0 saturated heterocycles. The normalized spacial score (nSPS) is 17.7. The van der Waals surface area contributed by atoms with E-state index in [1.807, 2.05) is 4.68 Å². The van der Waals surface area contributed by atoms with Crippen molar-refractivity contribution in [3.8, 4) is 0 Å². The first kappa shape index (κ1) is 13.5. The van der Waals surface area contributed by atoms with E-state index >= 15 is 0 Å². The summed E-state index contributed by atoms with van der Waals surface area (Å²) in [6, 6.07) is 0. The van der Waals surface area contributed by atoms with Gasteiger partial charge < -0.3 is 10.1 Å². The van der Waals surface area contributed by atoms with Crippen LogP contribution in [0.4, 0.5) is 0 Å². The molecule has 1 aromatic heterocycles. The Kier molecular flexibility index (Phi) is 4.72. The number of nitrogens with one attached hydrogen (secondary N) is 1. The quantitative estimate of drug-likeness (QED) is 0.707. The van der Waals surface area contributed by atoms with Crippen molar-refractivity contribution in [2.45, 2.75) is 39.2 Å². The van der Waals surface area contributed by atoms with Crippen LogP contribution in [0.25, 0.3) is 0 Å². The molecule has 0 spiro atoms. The SMILES string of the molecule is CCn1ncnc1CC1(CNCCOC)CCC1. The zero-order chi connectivity index (χ0) is 12.8. The third-order valence-electron chi connectivity index (χ3n) is 3.93. The van der Waals surface area contributed by atoms with Crippen LogP contribution >= 0.6 is 0 Å². The van der Waals surface area contributed by atoms with Gasteiger partial charge >= 0.3 is 0 Å². The molecule has 2 rings (SSSR count). The van der Waals surface area contributed by atoms with Crippen LogP contribution in [0.5, 0.6) is 0 Å². The molecule has 0 radical (unpaired) electrons. The minimum atomic E-state index is 0.397. The van der Waals surface area contributed by atoms with Crippen LogP contribution in [0.1, 0.15) is 32.0 Å². The summed E-state index contributed by atoms with van der Waals surface area (Å²) in [5.74, 6) is 1.13. The summed E-state index contributed by atoms with van der Waals surface area (Å²) in [4.78, 5) is 4.40. The lowest BCUT2D eigenvalue weighted by Gasteiger charge is -2.42. The first-order valence-electron chi connectivity index (χ1n) is 6.86. The van der Waals surface area contributed by atoms with Crippen LogP contribution in [0.15, 0.2) is 6.33 Å². The summed E-state index contributed by atoms with van der Waals surface area (Å²) >= 11 is 0. The van der Waals surface area contributed by atoms with Gasteiger partial charge in [-0.05, 0) is 25.2 Å². The molecule has 0 amide bonds. The van der Waals surface area contributed by atoms with Crippen LogP contribution in [0.2, 0.25) is 0 Å². The maximum Gasteiger partial charge on any atom is 0.138 e. The van der Waals surface area contributed by atoms with Crippen molar-refractivity contribution in [1.29, 1.82) is 0 Å². The standard InChI is InChI=1S/C13H24N4O/c1-3-17-12(15-11-16-17)9-13(5-4-6-13)10-14-7-8-18-2/h11,14H,3-10H2,1-2H3. The summed E-state index contributed by atoms with van der Waals surface area (Å²) in [5, 5.41) is 7.75. The maximum atomic E-state index is 5.06. The first-order chi connectivity index (χ1) is 8.79. The fourth-order valence-electron chi connectivity index (χ4n) is 2.65. The number of aryl methyl sites for hydroxylation is 1. The van der Waals surface area contributed by atoms with E-state index in [1.165, 1.54) is 19.3 Å². The van der Waals surface area contributed by atoms with E-state index in [1.54, 1.807) is 13.4 Å². The second kappa shape index (κ2) is 6.29. The molecule has 1 aromatic rings. The first-order valence-corrected chi connectivity index (χ1v) is 6.86. The molecule has 1 aliphatic rings. The van der Waals surface area contributed by atoms with Crippen LogP contribution in [0.3, 0.4) is 0 Å². The van der Waals surface area contributed by atoms with Gasteiger partial charge in [-0.1, -0.05) is 6.42 Å². The molecule has 0 unspecified atom stereocenters. The van der Waals surface area contributed by atoms with Gasteiger partial charge in [-0.2, -0.15) is 5.10 Å². The van der Waals surface area contributed by atoms with Crippen molar-refractivity contribution in [2.75, 3.05) is 26.8 Å². The third kappa shape index (κ3) is 3.09. The largest absolute Gasteiger partial charge is 0.383 e. The van der Waals surface area contributed by atoms with E-state index in [4.69, 9.17) is 4.74 Å². The Hall–Kier alpha value is -0.940. The van der Waals surface area contributed by atoms with Crippen molar-refractivity contribution < 1.29 is 4.74 Å². The van der Waals surface area contributed by atoms with Crippen molar-refractivity contribution in [1.82, 2.24) is 20.1 Å². The highest BCUT2D eigenvalue weighted by Crippen LogP contribution is 2.42. The van der Waals surface area contributed by atoms with Gasteiger partial charge in [0.1, 0.15) is 12.2 Å². The Balaban J connectivity index is 1.88. The molecule has 0 aliphatic heterocycles. The number of hydrogen-bond acceptors (Lipinski definition) is 4. The fraction of sp³-hybridized carbons (Fsp3) is 0.846. The minimum absolute atomic E-state index is 0.397. The van der Waals surface area contributed by atoms with Crippen LogP contribution < -0.4 is 5.32 Å². The van der Waals surface area contributed by atoms with E-state index in [-0.39, 0.29) is 0 Å². The van der Waals surface area contributed by atoms with Gasteiger partial charge in [0.05, 0.1) is 6.61 Å². The highest BCUT2D eigenvalue weighted by molar-refractivity contribution is 4.99. The van der Waals surface area contributed by atoms with Crippen molar-refractivity contribution in [3.05, 3.63) is 12.2 Å². The van der Waals surface area contributed by atoms with E-state index < -0.39 is 0 Å². The molecule has 1 N–H and O–H groups in total. The number of nitrogens with zero attached hydrogens (tertiary/aromatic N) is 3. The summed E-state index contributed by atoms with van der Waals surface area (Å²) in [7, 11) is 1.74. The van der Waals surface area contributed by atoms with Crippen molar-refractivity contribution >= 4 is 0 Å². The zero-order valence-corrected chi connectivity index (χ0v) is 11.5. The molecule has 1 heterocycles. The summed E-state index contributed by atoms with van der Waals surface area (Å²) in [5.41, 5.74) is 0.397. The van der Waals surface area contributed by atoms with E-state index in [9.17, 15) is 0 Å². The predicted octanol–water partition coefficient (Wildman–Crippen LogP) is 1.25. The van der Waals surface area contributed by atoms with Gasteiger partial charge in [0.25, 0.3) is 0 Å². The molecule has 0 aromatic carbocycles. The molecule has 0 atom stereocenters. The van der Waals surface area contributed by atoms with Crippen molar-refractivity contribution in [3.63, 3.8) is 0 Å². The number of ether oxygens (including phenoxy) is 1. The molecule has 1 fully saturated rings. The molecule has 1 saturated carbocycles. The Morgan fingerprint density at radius 1 is 1.50 bits per heavy atom. The Bertz CT molecular complexity index is 360. The lowest BCUT2D eigenvalue weighted by Crippen LogP contribution is -2.43. The zero-order valence-electron chi connectivity index (χ0n) is 11.5. The van der Waals surface area contributed by atoms with E-state index in [0.29, 0.717) is 5.41 Å². The maximum absolute atomic E-state index is 5.06. The monoisotopic (exact) mass is 252 g/mol. The molecule has 5 nitrogen and oxygen atoms in total. The third-order valence-corrected chi connectivity index (χ3v) is 3.93. The average molecular weight is 252 g/mol. The summed E-state index contributed by atoms with van der Waals surface area (Å²) in [6.45, 7) is 5.79. The van der Waals surface area contributed by atoms with Gasteiger partial charge in [0.2, 0.25) is 0 Å². The lowest BCUT2D eigenvalue weighted by atomic mass is 9.66.